The van der Waals surface area contributed by atoms with E-state index in [2.05, 4.69) is 32.2 Å². The summed E-state index contributed by atoms with van der Waals surface area (Å²) in [5.74, 6) is 4.10. The molecule has 1 saturated carbocycles. The zero-order valence-electron chi connectivity index (χ0n) is 10.7. The Kier molecular flexibility index (Phi) is 3.36. The molecule has 0 heterocycles. The van der Waals surface area contributed by atoms with Crippen molar-refractivity contribution in [1.29, 1.82) is 5.41 Å². The highest BCUT2D eigenvalue weighted by Gasteiger charge is 2.46. The molecule has 1 fully saturated rings. The van der Waals surface area contributed by atoms with E-state index < -0.39 is 0 Å². The van der Waals surface area contributed by atoms with Crippen molar-refractivity contribution in [2.45, 2.75) is 33.6 Å². The number of hydrogen-bond donors (Lipinski definition) is 2. The lowest BCUT2D eigenvalue weighted by Gasteiger charge is -2.25. The maximum absolute atomic E-state index is 7.04. The van der Waals surface area contributed by atoms with Crippen LogP contribution >= 0.6 is 0 Å². The second kappa shape index (κ2) is 4.60. The molecule has 0 saturated heterocycles. The van der Waals surface area contributed by atoms with Gasteiger partial charge in [0.1, 0.15) is 0 Å². The van der Waals surface area contributed by atoms with E-state index in [9.17, 15) is 0 Å². The van der Waals surface area contributed by atoms with Crippen molar-refractivity contribution >= 4 is 6.34 Å². The number of nitrogens with one attached hydrogen (secondary N) is 2. The standard InChI is InChI=1S/C14H24N2/c1-9-4-10(2)13-6-14(13)12(5-9)11(3)7-16-8-15/h4,8-9,11-14H,5-7H2,1-3H3,(H2,15,16)/t9-,11+,12-,13?,14?/m1/s1. The largest absolute Gasteiger partial charge is 0.376 e. The zero-order valence-corrected chi connectivity index (χ0v) is 10.7. The molecule has 2 N–H and O–H groups in total. The van der Waals surface area contributed by atoms with Gasteiger partial charge in [0.05, 0.1) is 6.34 Å². The van der Waals surface area contributed by atoms with Crippen molar-refractivity contribution in [3.05, 3.63) is 11.6 Å². The molecule has 2 unspecified atom stereocenters. The summed E-state index contributed by atoms with van der Waals surface area (Å²) >= 11 is 0. The van der Waals surface area contributed by atoms with Crippen molar-refractivity contribution in [3.8, 4) is 0 Å². The lowest BCUT2D eigenvalue weighted by atomic mass is 9.83. The average Bonchev–Trinajstić information content (AvgIpc) is 3.01. The van der Waals surface area contributed by atoms with E-state index >= 15 is 0 Å². The second-order valence-electron chi connectivity index (χ2n) is 5.82. The fourth-order valence-corrected chi connectivity index (χ4v) is 3.51. The van der Waals surface area contributed by atoms with Gasteiger partial charge in [-0.15, -0.1) is 0 Å². The van der Waals surface area contributed by atoms with Crippen LogP contribution < -0.4 is 5.32 Å². The molecule has 16 heavy (non-hydrogen) atoms. The molecule has 5 atom stereocenters. The Labute approximate surface area is 99.0 Å². The van der Waals surface area contributed by atoms with Crippen LogP contribution in [0.2, 0.25) is 0 Å². The van der Waals surface area contributed by atoms with Gasteiger partial charge in [0.25, 0.3) is 0 Å². The fraction of sp³-hybridized carbons (Fsp3) is 0.786. The third kappa shape index (κ3) is 2.31. The molecule has 2 rings (SSSR count). The van der Waals surface area contributed by atoms with Gasteiger partial charge < -0.3 is 5.32 Å². The third-order valence-electron chi connectivity index (χ3n) is 4.44. The summed E-state index contributed by atoms with van der Waals surface area (Å²) in [6.07, 6.45) is 6.56. The molecular weight excluding hydrogens is 196 g/mol. The Hall–Kier alpha value is -0.790. The summed E-state index contributed by atoms with van der Waals surface area (Å²) in [5.41, 5.74) is 1.63. The minimum atomic E-state index is 0.693. The van der Waals surface area contributed by atoms with Crippen molar-refractivity contribution < 1.29 is 0 Å². The highest BCUT2D eigenvalue weighted by Crippen LogP contribution is 2.54. The van der Waals surface area contributed by atoms with Gasteiger partial charge in [-0.25, -0.2) is 0 Å². The number of allylic oxidation sites excluding steroid dienone is 2. The highest BCUT2D eigenvalue weighted by molar-refractivity contribution is 5.49. The summed E-state index contributed by atoms with van der Waals surface area (Å²) in [5, 5.41) is 10.1. The summed E-state index contributed by atoms with van der Waals surface area (Å²) in [6, 6.07) is 0. The molecule has 2 nitrogen and oxygen atoms in total. The molecule has 2 aliphatic carbocycles. The Balaban J connectivity index is 1.99. The fourth-order valence-electron chi connectivity index (χ4n) is 3.51. The number of hydrogen-bond acceptors (Lipinski definition) is 1. The van der Waals surface area contributed by atoms with Crippen LogP contribution in [-0.4, -0.2) is 12.9 Å². The molecule has 0 bridgehead atoms. The number of rotatable bonds is 4. The monoisotopic (exact) mass is 220 g/mol. The van der Waals surface area contributed by atoms with Crippen LogP contribution in [-0.2, 0) is 0 Å². The third-order valence-corrected chi connectivity index (χ3v) is 4.44. The second-order valence-corrected chi connectivity index (χ2v) is 5.82. The average molecular weight is 220 g/mol. The van der Waals surface area contributed by atoms with Gasteiger partial charge in [-0.3, -0.25) is 5.41 Å². The molecule has 2 aliphatic rings. The van der Waals surface area contributed by atoms with Gasteiger partial charge in [0, 0.05) is 6.54 Å². The summed E-state index contributed by atoms with van der Waals surface area (Å²) in [4.78, 5) is 0. The van der Waals surface area contributed by atoms with Gasteiger partial charge in [0.2, 0.25) is 0 Å². The maximum Gasteiger partial charge on any atom is 0.0791 e. The zero-order chi connectivity index (χ0) is 11.7. The molecular formula is C14H24N2. The van der Waals surface area contributed by atoms with Crippen LogP contribution in [0, 0.1) is 35.0 Å². The minimum Gasteiger partial charge on any atom is -0.376 e. The number of fused-ring (bicyclic) bond motifs is 1. The highest BCUT2D eigenvalue weighted by atomic mass is 14.9. The molecule has 0 amide bonds. The van der Waals surface area contributed by atoms with E-state index in [1.54, 1.807) is 5.57 Å². The van der Waals surface area contributed by atoms with E-state index in [-0.39, 0.29) is 0 Å². The first-order valence-electron chi connectivity index (χ1n) is 6.54. The van der Waals surface area contributed by atoms with Gasteiger partial charge in [-0.2, -0.15) is 0 Å². The molecule has 0 spiro atoms. The molecule has 90 valence electrons. The van der Waals surface area contributed by atoms with E-state index in [4.69, 9.17) is 5.41 Å². The first-order valence-corrected chi connectivity index (χ1v) is 6.54. The Bertz CT molecular complexity index is 295. The minimum absolute atomic E-state index is 0.693. The Morgan fingerprint density at radius 2 is 2.31 bits per heavy atom. The predicted octanol–water partition coefficient (Wildman–Crippen LogP) is 3.06. The van der Waals surface area contributed by atoms with Crippen LogP contribution in [0.3, 0.4) is 0 Å². The summed E-state index contributed by atoms with van der Waals surface area (Å²) < 4.78 is 0. The quantitative estimate of drug-likeness (QED) is 0.426. The Morgan fingerprint density at radius 3 is 3.00 bits per heavy atom. The van der Waals surface area contributed by atoms with Gasteiger partial charge in [-0.1, -0.05) is 25.5 Å². The van der Waals surface area contributed by atoms with E-state index in [1.165, 1.54) is 19.2 Å². The van der Waals surface area contributed by atoms with Crippen LogP contribution in [0.25, 0.3) is 0 Å². The Morgan fingerprint density at radius 1 is 1.56 bits per heavy atom. The molecule has 2 heteroatoms. The van der Waals surface area contributed by atoms with Crippen molar-refractivity contribution in [1.82, 2.24) is 5.32 Å². The van der Waals surface area contributed by atoms with E-state index in [0.29, 0.717) is 5.92 Å². The first-order chi connectivity index (χ1) is 7.63. The van der Waals surface area contributed by atoms with Gasteiger partial charge in [-0.05, 0) is 49.4 Å². The van der Waals surface area contributed by atoms with E-state index in [0.717, 1.165) is 30.2 Å². The van der Waals surface area contributed by atoms with Crippen LogP contribution in [0.1, 0.15) is 33.6 Å². The van der Waals surface area contributed by atoms with Crippen molar-refractivity contribution in [3.63, 3.8) is 0 Å². The summed E-state index contributed by atoms with van der Waals surface area (Å²) in [6.45, 7) is 7.95. The lowest BCUT2D eigenvalue weighted by molar-refractivity contribution is 0.273. The summed E-state index contributed by atoms with van der Waals surface area (Å²) in [7, 11) is 0. The maximum atomic E-state index is 7.04. The van der Waals surface area contributed by atoms with Crippen LogP contribution in [0.5, 0.6) is 0 Å². The van der Waals surface area contributed by atoms with Crippen molar-refractivity contribution in [2.24, 2.45) is 29.6 Å². The smallest absolute Gasteiger partial charge is 0.0791 e. The van der Waals surface area contributed by atoms with E-state index in [1.807, 2.05) is 0 Å². The van der Waals surface area contributed by atoms with Gasteiger partial charge in [0.15, 0.2) is 0 Å². The molecule has 0 aromatic rings. The van der Waals surface area contributed by atoms with Crippen LogP contribution in [0.15, 0.2) is 11.6 Å². The van der Waals surface area contributed by atoms with Crippen LogP contribution in [0.4, 0.5) is 0 Å². The van der Waals surface area contributed by atoms with Crippen molar-refractivity contribution in [2.75, 3.05) is 6.54 Å². The molecule has 0 aromatic heterocycles. The SMILES string of the molecule is CC1=C[C@@H](C)C[C@H]([C@@H](C)CNC=N)C2CC12. The topological polar surface area (TPSA) is 35.9 Å². The normalized spacial score (nSPS) is 39.1. The molecule has 0 radical (unpaired) electrons. The van der Waals surface area contributed by atoms with Gasteiger partial charge >= 0.3 is 0 Å². The molecule has 0 aliphatic heterocycles. The lowest BCUT2D eigenvalue weighted by Crippen LogP contribution is -2.27. The first kappa shape index (κ1) is 11.7. The predicted molar refractivity (Wildman–Crippen MR) is 68.6 cm³/mol. The molecule has 0 aromatic carbocycles.